The molecule has 0 unspecified atom stereocenters. The van der Waals surface area contributed by atoms with Gasteiger partial charge in [0, 0.05) is 31.3 Å². The van der Waals surface area contributed by atoms with Crippen molar-refractivity contribution in [2.24, 2.45) is 5.73 Å². The first kappa shape index (κ1) is 17.1. The number of carbonyl (C=O) groups excluding carboxylic acids is 1. The molecule has 2 aliphatic rings. The maximum atomic E-state index is 13.7. The highest BCUT2D eigenvalue weighted by atomic mass is 19.1. The number of rotatable bonds is 5. The van der Waals surface area contributed by atoms with Crippen LogP contribution in [0.25, 0.3) is 0 Å². The van der Waals surface area contributed by atoms with Gasteiger partial charge in [0.2, 0.25) is 5.91 Å². The number of hydrogen-bond donors (Lipinski definition) is 1. The van der Waals surface area contributed by atoms with Crippen LogP contribution in [0, 0.1) is 11.6 Å². The van der Waals surface area contributed by atoms with Gasteiger partial charge in [-0.2, -0.15) is 0 Å². The van der Waals surface area contributed by atoms with Crippen molar-refractivity contribution in [1.82, 2.24) is 9.88 Å². The van der Waals surface area contributed by atoms with Crippen LogP contribution >= 0.6 is 0 Å². The normalized spacial score (nSPS) is 17.9. The minimum atomic E-state index is -0.570. The fraction of sp³-hybridized carbons (Fsp3) is 0.474. The minimum Gasteiger partial charge on any atom is -0.445 e. The third-order valence-electron chi connectivity index (χ3n) is 4.95. The Morgan fingerprint density at radius 2 is 2.19 bits per heavy atom. The first-order valence-corrected chi connectivity index (χ1v) is 8.95. The Hall–Kier alpha value is -2.28. The van der Waals surface area contributed by atoms with Crippen LogP contribution in [0.5, 0.6) is 0 Å². The number of amides is 1. The predicted molar refractivity (Wildman–Crippen MR) is 90.3 cm³/mol. The van der Waals surface area contributed by atoms with E-state index in [9.17, 15) is 13.6 Å². The molecule has 2 aromatic rings. The topological polar surface area (TPSA) is 72.4 Å². The van der Waals surface area contributed by atoms with Crippen LogP contribution in [0.3, 0.4) is 0 Å². The Morgan fingerprint density at radius 1 is 1.38 bits per heavy atom. The molecule has 1 saturated carbocycles. The van der Waals surface area contributed by atoms with Crippen LogP contribution in [-0.2, 0) is 24.2 Å². The molecule has 0 saturated heterocycles. The van der Waals surface area contributed by atoms with Crippen molar-refractivity contribution in [3.8, 4) is 0 Å². The van der Waals surface area contributed by atoms with E-state index in [1.165, 1.54) is 0 Å². The summed E-state index contributed by atoms with van der Waals surface area (Å²) in [5.74, 6) is 0.994. The van der Waals surface area contributed by atoms with E-state index < -0.39 is 17.7 Å². The second kappa shape index (κ2) is 6.79. The smallest absolute Gasteiger partial charge is 0.224 e. The van der Waals surface area contributed by atoms with E-state index in [1.807, 2.05) is 0 Å². The highest BCUT2D eigenvalue weighted by molar-refractivity contribution is 5.77. The second-order valence-electron chi connectivity index (χ2n) is 7.17. The monoisotopic (exact) mass is 361 g/mol. The molecule has 2 N–H and O–H groups in total. The SMILES string of the molecule is N[C@@H](CC(=O)N1CCc2oc(C3CC3)nc2C1)Cc1cc(F)ccc1F. The van der Waals surface area contributed by atoms with E-state index in [1.54, 1.807) is 4.90 Å². The van der Waals surface area contributed by atoms with Gasteiger partial charge in [0.05, 0.1) is 6.54 Å². The molecule has 1 aliphatic carbocycles. The van der Waals surface area contributed by atoms with E-state index >= 15 is 0 Å². The van der Waals surface area contributed by atoms with Crippen molar-refractivity contribution in [1.29, 1.82) is 0 Å². The summed E-state index contributed by atoms with van der Waals surface area (Å²) >= 11 is 0. The molecule has 2 heterocycles. The number of halogens is 2. The molecular weight excluding hydrogens is 340 g/mol. The Labute approximate surface area is 150 Å². The lowest BCUT2D eigenvalue weighted by atomic mass is 10.0. The molecule has 1 aliphatic heterocycles. The molecule has 5 nitrogen and oxygen atoms in total. The summed E-state index contributed by atoms with van der Waals surface area (Å²) < 4.78 is 32.8. The van der Waals surface area contributed by atoms with Crippen molar-refractivity contribution in [3.63, 3.8) is 0 Å². The van der Waals surface area contributed by atoms with Gasteiger partial charge >= 0.3 is 0 Å². The summed E-state index contributed by atoms with van der Waals surface area (Å²) in [6.45, 7) is 0.984. The lowest BCUT2D eigenvalue weighted by Gasteiger charge is -2.26. The van der Waals surface area contributed by atoms with Crippen LogP contribution in [0.15, 0.2) is 22.6 Å². The van der Waals surface area contributed by atoms with Gasteiger partial charge in [0.25, 0.3) is 0 Å². The number of benzene rings is 1. The van der Waals surface area contributed by atoms with Crippen LogP contribution < -0.4 is 5.73 Å². The van der Waals surface area contributed by atoms with E-state index in [0.29, 0.717) is 25.4 Å². The summed E-state index contributed by atoms with van der Waals surface area (Å²) in [6.07, 6.45) is 3.08. The summed E-state index contributed by atoms with van der Waals surface area (Å²) in [5.41, 5.74) is 7.03. The molecule has 0 bridgehead atoms. The molecule has 1 aromatic heterocycles. The average molecular weight is 361 g/mol. The molecule has 1 aromatic carbocycles. The fourth-order valence-corrected chi connectivity index (χ4v) is 3.34. The molecule has 4 rings (SSSR count). The van der Waals surface area contributed by atoms with Crippen LogP contribution in [-0.4, -0.2) is 28.4 Å². The van der Waals surface area contributed by atoms with Crippen molar-refractivity contribution in [3.05, 3.63) is 52.7 Å². The van der Waals surface area contributed by atoms with Gasteiger partial charge in [-0.3, -0.25) is 4.79 Å². The molecule has 0 radical (unpaired) electrons. The van der Waals surface area contributed by atoms with Gasteiger partial charge in [-0.05, 0) is 43.0 Å². The molecule has 7 heteroatoms. The Kier molecular flexibility index (Phi) is 4.48. The summed E-state index contributed by atoms with van der Waals surface area (Å²) in [6, 6.07) is 2.70. The van der Waals surface area contributed by atoms with Gasteiger partial charge in [-0.1, -0.05) is 0 Å². The molecule has 26 heavy (non-hydrogen) atoms. The van der Waals surface area contributed by atoms with Gasteiger partial charge in [-0.15, -0.1) is 0 Å². The molecule has 1 fully saturated rings. The Balaban J connectivity index is 1.36. The quantitative estimate of drug-likeness (QED) is 0.889. The van der Waals surface area contributed by atoms with Gasteiger partial charge < -0.3 is 15.1 Å². The van der Waals surface area contributed by atoms with Crippen LogP contribution in [0.1, 0.15) is 48.1 Å². The number of aromatic nitrogens is 1. The van der Waals surface area contributed by atoms with Crippen molar-refractivity contribution < 1.29 is 18.0 Å². The molecule has 0 spiro atoms. The zero-order chi connectivity index (χ0) is 18.3. The number of nitrogens with zero attached hydrogens (tertiary/aromatic N) is 2. The summed E-state index contributed by atoms with van der Waals surface area (Å²) in [7, 11) is 0. The lowest BCUT2D eigenvalue weighted by molar-refractivity contribution is -0.132. The van der Waals surface area contributed by atoms with Crippen LogP contribution in [0.4, 0.5) is 8.78 Å². The number of nitrogens with two attached hydrogens (primary N) is 1. The number of fused-ring (bicyclic) bond motifs is 1. The highest BCUT2D eigenvalue weighted by Crippen LogP contribution is 2.40. The average Bonchev–Trinajstić information content (AvgIpc) is 3.36. The van der Waals surface area contributed by atoms with Crippen molar-refractivity contribution in [2.45, 2.75) is 50.6 Å². The van der Waals surface area contributed by atoms with Crippen molar-refractivity contribution >= 4 is 5.91 Å². The van der Waals surface area contributed by atoms with Gasteiger partial charge in [0.15, 0.2) is 5.89 Å². The van der Waals surface area contributed by atoms with Gasteiger partial charge in [0.1, 0.15) is 23.1 Å². The van der Waals surface area contributed by atoms with Crippen molar-refractivity contribution in [2.75, 3.05) is 6.54 Å². The maximum Gasteiger partial charge on any atom is 0.224 e. The van der Waals surface area contributed by atoms with Gasteiger partial charge in [-0.25, -0.2) is 13.8 Å². The minimum absolute atomic E-state index is 0.0820. The number of hydrogen-bond acceptors (Lipinski definition) is 4. The van der Waals surface area contributed by atoms with E-state index in [4.69, 9.17) is 10.2 Å². The third kappa shape index (κ3) is 3.62. The highest BCUT2D eigenvalue weighted by Gasteiger charge is 2.32. The zero-order valence-corrected chi connectivity index (χ0v) is 14.4. The van der Waals surface area contributed by atoms with E-state index in [0.717, 1.165) is 48.4 Å². The number of carbonyl (C=O) groups is 1. The largest absolute Gasteiger partial charge is 0.445 e. The standard InChI is InChI=1S/C19H21F2N3O2/c20-13-3-4-15(21)12(7-13)8-14(22)9-18(25)24-6-5-17-16(10-24)23-19(26-17)11-1-2-11/h3-4,7,11,14H,1-2,5-6,8-10,22H2/t14-/m1/s1. The molecule has 1 amide bonds. The predicted octanol–water partition coefficient (Wildman–Crippen LogP) is 2.68. The Bertz CT molecular complexity index is 832. The first-order valence-electron chi connectivity index (χ1n) is 8.95. The maximum absolute atomic E-state index is 13.7. The molecular formula is C19H21F2N3O2. The molecule has 1 atom stereocenters. The fourth-order valence-electron chi connectivity index (χ4n) is 3.34. The Morgan fingerprint density at radius 3 is 2.96 bits per heavy atom. The second-order valence-corrected chi connectivity index (χ2v) is 7.17. The lowest BCUT2D eigenvalue weighted by Crippen LogP contribution is -2.39. The number of oxazole rings is 1. The molecule has 138 valence electrons. The third-order valence-corrected chi connectivity index (χ3v) is 4.95. The van der Waals surface area contributed by atoms with Crippen LogP contribution in [0.2, 0.25) is 0 Å². The first-order chi connectivity index (χ1) is 12.5. The summed E-state index contributed by atoms with van der Waals surface area (Å²) in [4.78, 5) is 18.8. The van der Waals surface area contributed by atoms with E-state index in [-0.39, 0.29) is 24.3 Å². The zero-order valence-electron chi connectivity index (χ0n) is 14.4. The van der Waals surface area contributed by atoms with E-state index in [2.05, 4.69) is 4.98 Å². The summed E-state index contributed by atoms with van der Waals surface area (Å²) in [5, 5.41) is 0.